The summed E-state index contributed by atoms with van der Waals surface area (Å²) in [5, 5.41) is 3.37. The molecule has 0 fully saturated rings. The van der Waals surface area contributed by atoms with Crippen LogP contribution in [0.4, 0.5) is 10.1 Å². The Hall–Kier alpha value is -1.83. The van der Waals surface area contributed by atoms with E-state index in [0.717, 1.165) is 5.69 Å². The molecule has 0 radical (unpaired) electrons. The molecule has 2 aromatic carbocycles. The van der Waals surface area contributed by atoms with Crippen molar-refractivity contribution in [1.82, 2.24) is 0 Å². The Kier molecular flexibility index (Phi) is 4.20. The van der Waals surface area contributed by atoms with Crippen LogP contribution >= 0.6 is 0 Å². The van der Waals surface area contributed by atoms with E-state index in [1.165, 1.54) is 23.3 Å². The normalized spacial score (nSPS) is 12.5. The van der Waals surface area contributed by atoms with Crippen molar-refractivity contribution in [1.29, 1.82) is 0 Å². The molecule has 2 rings (SSSR count). The van der Waals surface area contributed by atoms with Gasteiger partial charge < -0.3 is 5.32 Å². The summed E-state index contributed by atoms with van der Waals surface area (Å²) in [5.41, 5.74) is 3.51. The lowest BCUT2D eigenvalue weighted by Crippen LogP contribution is -2.06. The average molecular weight is 257 g/mol. The lowest BCUT2D eigenvalue weighted by atomic mass is 9.99. The zero-order chi connectivity index (χ0) is 13.8. The molecule has 2 heteroatoms. The van der Waals surface area contributed by atoms with Gasteiger partial charge in [-0.15, -0.1) is 0 Å². The molecular formula is C17H20FN. The Morgan fingerprint density at radius 1 is 0.789 bits per heavy atom. The van der Waals surface area contributed by atoms with Crippen LogP contribution in [0.1, 0.15) is 43.9 Å². The van der Waals surface area contributed by atoms with Gasteiger partial charge in [-0.25, -0.2) is 4.39 Å². The number of hydrogen-bond donors (Lipinski definition) is 1. The van der Waals surface area contributed by atoms with E-state index >= 15 is 0 Å². The highest BCUT2D eigenvalue weighted by Gasteiger charge is 2.06. The maximum Gasteiger partial charge on any atom is 0.123 e. The van der Waals surface area contributed by atoms with Crippen LogP contribution in [0, 0.1) is 5.82 Å². The highest BCUT2D eigenvalue weighted by atomic mass is 19.1. The molecule has 0 saturated heterocycles. The molecule has 0 aliphatic carbocycles. The van der Waals surface area contributed by atoms with Crippen molar-refractivity contribution in [3.8, 4) is 0 Å². The van der Waals surface area contributed by atoms with Gasteiger partial charge in [-0.2, -0.15) is 0 Å². The fourth-order valence-corrected chi connectivity index (χ4v) is 2.05. The maximum absolute atomic E-state index is 12.8. The quantitative estimate of drug-likeness (QED) is 0.801. The first-order chi connectivity index (χ1) is 9.06. The summed E-state index contributed by atoms with van der Waals surface area (Å²) in [7, 11) is 0. The van der Waals surface area contributed by atoms with E-state index in [1.54, 1.807) is 12.1 Å². The maximum atomic E-state index is 12.8. The van der Waals surface area contributed by atoms with Gasteiger partial charge in [-0.1, -0.05) is 38.1 Å². The van der Waals surface area contributed by atoms with Crippen molar-refractivity contribution < 1.29 is 4.39 Å². The van der Waals surface area contributed by atoms with Gasteiger partial charge in [0.2, 0.25) is 0 Å². The van der Waals surface area contributed by atoms with Crippen molar-refractivity contribution in [3.63, 3.8) is 0 Å². The molecule has 0 aliphatic rings. The third kappa shape index (κ3) is 3.57. The van der Waals surface area contributed by atoms with E-state index in [9.17, 15) is 4.39 Å². The smallest absolute Gasteiger partial charge is 0.123 e. The number of anilines is 1. The van der Waals surface area contributed by atoms with Crippen LogP contribution in [-0.2, 0) is 0 Å². The van der Waals surface area contributed by atoms with Crippen LogP contribution in [0.5, 0.6) is 0 Å². The molecule has 0 heterocycles. The SMILES string of the molecule is CC(C)c1ccc(C(C)Nc2ccc(F)cc2)cc1. The Bertz CT molecular complexity index is 514. The molecule has 0 aromatic heterocycles. The standard InChI is InChI=1S/C17H20FN/c1-12(2)14-4-6-15(7-5-14)13(3)19-17-10-8-16(18)9-11-17/h4-13,19H,1-3H3. The highest BCUT2D eigenvalue weighted by Crippen LogP contribution is 2.22. The number of halogens is 1. The summed E-state index contributed by atoms with van der Waals surface area (Å²) in [4.78, 5) is 0. The van der Waals surface area contributed by atoms with Gasteiger partial charge in [0.15, 0.2) is 0 Å². The van der Waals surface area contributed by atoms with E-state index in [0.29, 0.717) is 5.92 Å². The van der Waals surface area contributed by atoms with Crippen molar-refractivity contribution in [3.05, 3.63) is 65.5 Å². The van der Waals surface area contributed by atoms with Crippen LogP contribution in [-0.4, -0.2) is 0 Å². The Labute approximate surface area is 114 Å². The largest absolute Gasteiger partial charge is 0.379 e. The summed E-state index contributed by atoms with van der Waals surface area (Å²) in [6, 6.07) is 15.3. The van der Waals surface area contributed by atoms with E-state index in [1.807, 2.05) is 0 Å². The molecule has 0 aliphatic heterocycles. The molecule has 1 N–H and O–H groups in total. The van der Waals surface area contributed by atoms with Crippen LogP contribution < -0.4 is 5.32 Å². The fraction of sp³-hybridized carbons (Fsp3) is 0.294. The third-order valence-corrected chi connectivity index (χ3v) is 3.33. The number of rotatable bonds is 4. The number of hydrogen-bond acceptors (Lipinski definition) is 1. The minimum Gasteiger partial charge on any atom is -0.379 e. The van der Waals surface area contributed by atoms with E-state index < -0.39 is 0 Å². The molecule has 0 amide bonds. The second-order valence-corrected chi connectivity index (χ2v) is 5.19. The average Bonchev–Trinajstić information content (AvgIpc) is 2.41. The molecular weight excluding hydrogens is 237 g/mol. The predicted octanol–water partition coefficient (Wildman–Crippen LogP) is 5.12. The summed E-state index contributed by atoms with van der Waals surface area (Å²) in [5.74, 6) is 0.342. The molecule has 100 valence electrons. The van der Waals surface area contributed by atoms with Crippen LogP contribution in [0.2, 0.25) is 0 Å². The Morgan fingerprint density at radius 2 is 1.32 bits per heavy atom. The second kappa shape index (κ2) is 5.87. The molecule has 1 unspecified atom stereocenters. The van der Waals surface area contributed by atoms with Crippen molar-refractivity contribution in [2.24, 2.45) is 0 Å². The van der Waals surface area contributed by atoms with Gasteiger partial charge >= 0.3 is 0 Å². The molecule has 19 heavy (non-hydrogen) atoms. The van der Waals surface area contributed by atoms with Gasteiger partial charge in [-0.05, 0) is 48.2 Å². The Morgan fingerprint density at radius 3 is 1.84 bits per heavy atom. The van der Waals surface area contributed by atoms with Crippen LogP contribution in [0.15, 0.2) is 48.5 Å². The zero-order valence-corrected chi connectivity index (χ0v) is 11.7. The highest BCUT2D eigenvalue weighted by molar-refractivity contribution is 5.45. The molecule has 0 saturated carbocycles. The van der Waals surface area contributed by atoms with Crippen molar-refractivity contribution in [2.75, 3.05) is 5.32 Å². The topological polar surface area (TPSA) is 12.0 Å². The van der Waals surface area contributed by atoms with Crippen LogP contribution in [0.25, 0.3) is 0 Å². The van der Waals surface area contributed by atoms with Crippen molar-refractivity contribution in [2.45, 2.75) is 32.7 Å². The molecule has 1 atom stereocenters. The summed E-state index contributed by atoms with van der Waals surface area (Å²) in [6.07, 6.45) is 0. The molecule has 1 nitrogen and oxygen atoms in total. The molecule has 2 aromatic rings. The van der Waals surface area contributed by atoms with Gasteiger partial charge in [0.25, 0.3) is 0 Å². The first-order valence-corrected chi connectivity index (χ1v) is 6.68. The summed E-state index contributed by atoms with van der Waals surface area (Å²) in [6.45, 7) is 6.48. The lowest BCUT2D eigenvalue weighted by molar-refractivity contribution is 0.628. The molecule has 0 spiro atoms. The lowest BCUT2D eigenvalue weighted by Gasteiger charge is -2.16. The summed E-state index contributed by atoms with van der Waals surface area (Å²) >= 11 is 0. The monoisotopic (exact) mass is 257 g/mol. The predicted molar refractivity (Wildman–Crippen MR) is 79.0 cm³/mol. The third-order valence-electron chi connectivity index (χ3n) is 3.33. The van der Waals surface area contributed by atoms with Gasteiger partial charge in [0.05, 0.1) is 0 Å². The van der Waals surface area contributed by atoms with E-state index in [-0.39, 0.29) is 11.9 Å². The Balaban J connectivity index is 2.07. The number of nitrogens with one attached hydrogen (secondary N) is 1. The molecule has 0 bridgehead atoms. The van der Waals surface area contributed by atoms with Gasteiger partial charge in [0, 0.05) is 11.7 Å². The fourth-order valence-electron chi connectivity index (χ4n) is 2.05. The summed E-state index contributed by atoms with van der Waals surface area (Å²) < 4.78 is 12.8. The minimum absolute atomic E-state index is 0.201. The second-order valence-electron chi connectivity index (χ2n) is 5.19. The van der Waals surface area contributed by atoms with Crippen molar-refractivity contribution >= 4 is 5.69 Å². The van der Waals surface area contributed by atoms with Crippen LogP contribution in [0.3, 0.4) is 0 Å². The zero-order valence-electron chi connectivity index (χ0n) is 11.7. The van der Waals surface area contributed by atoms with E-state index in [2.05, 4.69) is 50.4 Å². The van der Waals surface area contributed by atoms with Gasteiger partial charge in [-0.3, -0.25) is 0 Å². The first kappa shape index (κ1) is 13.6. The van der Waals surface area contributed by atoms with E-state index in [4.69, 9.17) is 0 Å². The minimum atomic E-state index is -0.209. The number of benzene rings is 2. The first-order valence-electron chi connectivity index (χ1n) is 6.68. The van der Waals surface area contributed by atoms with Gasteiger partial charge in [0.1, 0.15) is 5.82 Å².